The number of nitrogen functional groups attached to an aromatic ring is 1. The predicted octanol–water partition coefficient (Wildman–Crippen LogP) is 5.89. The van der Waals surface area contributed by atoms with Crippen molar-refractivity contribution in [1.82, 2.24) is 24.8 Å². The molecular formula is C31H37ClF5N7O2. The van der Waals surface area contributed by atoms with Crippen LogP contribution in [0.2, 0.25) is 5.02 Å². The molecule has 0 aliphatic carbocycles. The fourth-order valence-electron chi connectivity index (χ4n) is 7.07. The van der Waals surface area contributed by atoms with Gasteiger partial charge < -0.3 is 25.0 Å². The third kappa shape index (κ3) is 5.76. The molecule has 0 unspecified atom stereocenters. The van der Waals surface area contributed by atoms with Crippen LogP contribution in [0.15, 0.2) is 6.07 Å². The van der Waals surface area contributed by atoms with Crippen LogP contribution in [0.3, 0.4) is 0 Å². The van der Waals surface area contributed by atoms with Gasteiger partial charge in [0.2, 0.25) is 0 Å². The summed E-state index contributed by atoms with van der Waals surface area (Å²) in [5.41, 5.74) is 2.20. The number of alkyl halides is 4. The van der Waals surface area contributed by atoms with E-state index in [1.54, 1.807) is 0 Å². The van der Waals surface area contributed by atoms with Gasteiger partial charge in [-0.25, -0.2) is 13.8 Å². The van der Waals surface area contributed by atoms with Gasteiger partial charge in [-0.2, -0.15) is 23.1 Å². The SMILES string of the molecule is Cc1cc(N)nc(-c2c(Cl)c3c4c(nc(OC[C@@]56CCCN5C[C@H](F)C6)nc4c2F)N(CCN(C)C)[C@H](C)CCO3)c1C(F)(F)F. The first kappa shape index (κ1) is 32.7. The van der Waals surface area contributed by atoms with E-state index < -0.39 is 45.5 Å². The van der Waals surface area contributed by atoms with Crippen LogP contribution in [0.1, 0.15) is 43.7 Å². The number of likely N-dealkylation sites (N-methyl/N-ethyl adjacent to an activating group) is 1. The van der Waals surface area contributed by atoms with Crippen LogP contribution in [-0.2, 0) is 6.18 Å². The third-order valence-electron chi connectivity index (χ3n) is 9.30. The highest BCUT2D eigenvalue weighted by Crippen LogP contribution is 2.50. The average Bonchev–Trinajstić information content (AvgIpc) is 3.47. The van der Waals surface area contributed by atoms with Gasteiger partial charge in [0, 0.05) is 38.5 Å². The fourth-order valence-corrected chi connectivity index (χ4v) is 7.39. The van der Waals surface area contributed by atoms with Crippen molar-refractivity contribution in [2.75, 3.05) is 64.1 Å². The number of rotatable bonds is 7. The topological polar surface area (TPSA) is 92.9 Å². The largest absolute Gasteiger partial charge is 0.491 e. The van der Waals surface area contributed by atoms with Crippen LogP contribution in [0.25, 0.3) is 22.2 Å². The van der Waals surface area contributed by atoms with E-state index in [-0.39, 0.29) is 59.1 Å². The summed E-state index contributed by atoms with van der Waals surface area (Å²) in [5.74, 6) is -1.16. The van der Waals surface area contributed by atoms with E-state index in [4.69, 9.17) is 31.8 Å². The van der Waals surface area contributed by atoms with E-state index in [9.17, 15) is 17.6 Å². The summed E-state index contributed by atoms with van der Waals surface area (Å²) < 4.78 is 86.9. The maximum absolute atomic E-state index is 16.9. The fraction of sp³-hybridized carbons (Fsp3) is 0.581. The minimum atomic E-state index is -4.90. The Labute approximate surface area is 268 Å². The number of aryl methyl sites for hydroxylation is 1. The number of anilines is 2. The van der Waals surface area contributed by atoms with Gasteiger partial charge in [0.05, 0.1) is 39.4 Å². The molecular weight excluding hydrogens is 633 g/mol. The number of fused-ring (bicyclic) bond motifs is 1. The number of nitrogens with two attached hydrogens (primary N) is 1. The molecule has 3 aliphatic heterocycles. The molecule has 15 heteroatoms. The summed E-state index contributed by atoms with van der Waals surface area (Å²) in [6.45, 7) is 5.59. The summed E-state index contributed by atoms with van der Waals surface area (Å²) in [5, 5.41) is -0.280. The van der Waals surface area contributed by atoms with E-state index in [0.717, 1.165) is 25.5 Å². The lowest BCUT2D eigenvalue weighted by Crippen LogP contribution is -2.43. The van der Waals surface area contributed by atoms with Crippen LogP contribution in [0.5, 0.6) is 11.8 Å². The Balaban J connectivity index is 1.59. The molecule has 0 saturated carbocycles. The Morgan fingerprint density at radius 3 is 2.72 bits per heavy atom. The molecule has 250 valence electrons. The van der Waals surface area contributed by atoms with Crippen molar-refractivity contribution in [3.05, 3.63) is 28.0 Å². The Morgan fingerprint density at radius 1 is 1.24 bits per heavy atom. The molecule has 2 aromatic heterocycles. The first-order chi connectivity index (χ1) is 21.7. The summed E-state index contributed by atoms with van der Waals surface area (Å²) in [4.78, 5) is 19.1. The quantitative estimate of drug-likeness (QED) is 0.309. The second-order valence-corrected chi connectivity index (χ2v) is 13.2. The highest BCUT2D eigenvalue weighted by molar-refractivity contribution is 6.36. The average molecular weight is 670 g/mol. The number of halogens is 6. The molecule has 2 saturated heterocycles. The van der Waals surface area contributed by atoms with Crippen LogP contribution in [0, 0.1) is 12.7 Å². The molecule has 3 atom stereocenters. The van der Waals surface area contributed by atoms with Crippen molar-refractivity contribution in [2.45, 2.75) is 63.5 Å². The molecule has 3 aliphatic rings. The molecule has 2 N–H and O–H groups in total. The number of pyridine rings is 1. The van der Waals surface area contributed by atoms with Gasteiger partial charge in [-0.05, 0) is 59.0 Å². The normalized spacial score (nSPS) is 23.5. The molecule has 0 spiro atoms. The van der Waals surface area contributed by atoms with Gasteiger partial charge in [0.15, 0.2) is 11.6 Å². The number of nitrogens with zero attached hydrogens (tertiary/aromatic N) is 6. The maximum Gasteiger partial charge on any atom is 0.418 e. The zero-order valence-electron chi connectivity index (χ0n) is 26.1. The molecule has 3 aromatic rings. The van der Waals surface area contributed by atoms with Crippen LogP contribution < -0.4 is 20.1 Å². The summed E-state index contributed by atoms with van der Waals surface area (Å²) in [7, 11) is 3.84. The minimum Gasteiger partial charge on any atom is -0.491 e. The van der Waals surface area contributed by atoms with Crippen LogP contribution in [-0.4, -0.2) is 96.0 Å². The second kappa shape index (κ2) is 12.1. The lowest BCUT2D eigenvalue weighted by Gasteiger charge is -2.35. The smallest absolute Gasteiger partial charge is 0.418 e. The Kier molecular flexibility index (Phi) is 8.60. The lowest BCUT2D eigenvalue weighted by molar-refractivity contribution is -0.137. The van der Waals surface area contributed by atoms with Gasteiger partial charge in [-0.3, -0.25) is 4.90 Å². The van der Waals surface area contributed by atoms with Crippen molar-refractivity contribution in [1.29, 1.82) is 0 Å². The monoisotopic (exact) mass is 669 g/mol. The molecule has 1 aromatic carbocycles. The number of hydrogen-bond donors (Lipinski definition) is 1. The number of hydrogen-bond acceptors (Lipinski definition) is 9. The Bertz CT molecular complexity index is 1660. The molecule has 0 bridgehead atoms. The van der Waals surface area contributed by atoms with Gasteiger partial charge in [-0.15, -0.1) is 0 Å². The standard InChI is InChI=1S/C31H37ClF5N7O2/c1-16-12-19(38)39-25(22(16)31(35,36)37)20-23(32)27-21-26(24(20)34)40-29(46-15-30-7-5-8-43(30)14-18(33)13-30)41-28(21)44(10-9-42(3)4)17(2)6-11-45-27/h12,17-18H,5-11,13-15H2,1-4H3,(H2,38,39)/t17-,18-,30+/m1/s1. The van der Waals surface area contributed by atoms with Crippen molar-refractivity contribution >= 4 is 34.1 Å². The highest BCUT2D eigenvalue weighted by atomic mass is 35.5. The third-order valence-corrected chi connectivity index (χ3v) is 9.67. The van der Waals surface area contributed by atoms with Gasteiger partial charge >= 0.3 is 12.2 Å². The van der Waals surface area contributed by atoms with Crippen LogP contribution in [0.4, 0.5) is 33.6 Å². The van der Waals surface area contributed by atoms with Crippen molar-refractivity contribution in [3.8, 4) is 23.0 Å². The molecule has 2 fully saturated rings. The van der Waals surface area contributed by atoms with Gasteiger partial charge in [0.25, 0.3) is 0 Å². The summed E-state index contributed by atoms with van der Waals surface area (Å²) in [6, 6.07) is 0.767. The first-order valence-corrected chi connectivity index (χ1v) is 15.7. The van der Waals surface area contributed by atoms with Crippen molar-refractivity contribution in [2.24, 2.45) is 0 Å². The van der Waals surface area contributed by atoms with Crippen molar-refractivity contribution in [3.63, 3.8) is 0 Å². The summed E-state index contributed by atoms with van der Waals surface area (Å²) in [6.07, 6.45) is -3.46. The van der Waals surface area contributed by atoms with Crippen LogP contribution >= 0.6 is 11.6 Å². The van der Waals surface area contributed by atoms with E-state index in [0.29, 0.717) is 32.5 Å². The first-order valence-electron chi connectivity index (χ1n) is 15.3. The number of ether oxygens (including phenoxy) is 2. The second-order valence-electron chi connectivity index (χ2n) is 12.8. The summed E-state index contributed by atoms with van der Waals surface area (Å²) >= 11 is 6.79. The zero-order chi connectivity index (χ0) is 33.1. The number of aromatic nitrogens is 3. The highest BCUT2D eigenvalue weighted by Gasteiger charge is 2.49. The number of benzene rings is 1. The zero-order valence-corrected chi connectivity index (χ0v) is 26.9. The van der Waals surface area contributed by atoms with Gasteiger partial charge in [0.1, 0.15) is 29.9 Å². The van der Waals surface area contributed by atoms with E-state index >= 15 is 4.39 Å². The Morgan fingerprint density at radius 2 is 2.00 bits per heavy atom. The molecule has 6 rings (SSSR count). The van der Waals surface area contributed by atoms with E-state index in [1.807, 2.05) is 30.8 Å². The van der Waals surface area contributed by atoms with Crippen molar-refractivity contribution < 1.29 is 31.4 Å². The Hall–Kier alpha value is -3.23. The molecule has 5 heterocycles. The molecule has 9 nitrogen and oxygen atoms in total. The maximum atomic E-state index is 16.9. The predicted molar refractivity (Wildman–Crippen MR) is 166 cm³/mol. The lowest BCUT2D eigenvalue weighted by atomic mass is 9.95. The van der Waals surface area contributed by atoms with E-state index in [2.05, 4.69) is 14.9 Å². The molecule has 0 amide bonds. The minimum absolute atomic E-state index is 0.0528. The van der Waals surface area contributed by atoms with E-state index in [1.165, 1.54) is 6.92 Å². The molecule has 0 radical (unpaired) electrons. The van der Waals surface area contributed by atoms with Gasteiger partial charge in [-0.1, -0.05) is 11.6 Å². The molecule has 46 heavy (non-hydrogen) atoms.